The molecule has 0 spiro atoms. The fraction of sp³-hybridized carbons (Fsp3) is 0.300. The van der Waals surface area contributed by atoms with Crippen molar-refractivity contribution in [3.05, 3.63) is 48.0 Å². The number of nitrogens with zero attached hydrogens (tertiary/aromatic N) is 5. The van der Waals surface area contributed by atoms with Crippen LogP contribution in [0.3, 0.4) is 0 Å². The zero-order valence-corrected chi connectivity index (χ0v) is 16.6. The largest absolute Gasteiger partial charge is 0.435 e. The number of alkyl halides is 2. The van der Waals surface area contributed by atoms with Crippen LogP contribution < -0.4 is 15.0 Å². The van der Waals surface area contributed by atoms with Gasteiger partial charge in [0.1, 0.15) is 5.75 Å². The molecule has 0 aliphatic carbocycles. The molecule has 1 fully saturated rings. The van der Waals surface area contributed by atoms with Gasteiger partial charge in [-0.2, -0.15) is 18.9 Å². The zero-order chi connectivity index (χ0) is 21.8. The van der Waals surface area contributed by atoms with Crippen LogP contribution in [0.1, 0.15) is 5.69 Å². The van der Waals surface area contributed by atoms with E-state index in [9.17, 15) is 13.2 Å². The van der Waals surface area contributed by atoms with E-state index in [-0.39, 0.29) is 17.4 Å². The van der Waals surface area contributed by atoms with Crippen molar-refractivity contribution in [2.24, 2.45) is 0 Å². The van der Waals surface area contributed by atoms with E-state index in [1.54, 1.807) is 25.1 Å². The Morgan fingerprint density at radius 3 is 2.58 bits per heavy atom. The van der Waals surface area contributed by atoms with Crippen LogP contribution in [0.25, 0.3) is 11.1 Å². The van der Waals surface area contributed by atoms with E-state index in [2.05, 4.69) is 30.2 Å². The number of benzene rings is 1. The van der Waals surface area contributed by atoms with Crippen molar-refractivity contribution >= 4 is 17.6 Å². The van der Waals surface area contributed by atoms with Gasteiger partial charge in [0, 0.05) is 18.7 Å². The number of ether oxygens (including phenoxy) is 2. The van der Waals surface area contributed by atoms with Crippen LogP contribution >= 0.6 is 0 Å². The summed E-state index contributed by atoms with van der Waals surface area (Å²) in [6.45, 7) is 1.21. The maximum atomic E-state index is 14.3. The summed E-state index contributed by atoms with van der Waals surface area (Å²) in [5, 5.41) is 11.0. The zero-order valence-electron chi connectivity index (χ0n) is 16.6. The number of halogens is 3. The van der Waals surface area contributed by atoms with Crippen molar-refractivity contribution in [1.29, 1.82) is 0 Å². The highest BCUT2D eigenvalue weighted by Crippen LogP contribution is 2.28. The van der Waals surface area contributed by atoms with Crippen LogP contribution in [0.5, 0.6) is 5.75 Å². The second kappa shape index (κ2) is 9.13. The molecule has 162 valence electrons. The van der Waals surface area contributed by atoms with Crippen LogP contribution in [0.4, 0.5) is 30.8 Å². The first-order valence-corrected chi connectivity index (χ1v) is 9.51. The molecule has 4 rings (SSSR count). The predicted octanol–water partition coefficient (Wildman–Crippen LogP) is 3.56. The molecule has 11 heteroatoms. The molecule has 31 heavy (non-hydrogen) atoms. The third-order valence-electron chi connectivity index (χ3n) is 4.64. The van der Waals surface area contributed by atoms with Crippen LogP contribution in [0, 0.1) is 12.7 Å². The summed E-state index contributed by atoms with van der Waals surface area (Å²) in [6.07, 6.45) is 1.10. The van der Waals surface area contributed by atoms with Gasteiger partial charge in [0.05, 0.1) is 25.1 Å². The van der Waals surface area contributed by atoms with Crippen molar-refractivity contribution < 1.29 is 22.6 Å². The van der Waals surface area contributed by atoms with E-state index < -0.39 is 12.4 Å². The molecular formula is C20H19F3N6O2. The lowest BCUT2D eigenvalue weighted by Gasteiger charge is -2.26. The maximum absolute atomic E-state index is 14.3. The van der Waals surface area contributed by atoms with Gasteiger partial charge in [0.15, 0.2) is 17.5 Å². The van der Waals surface area contributed by atoms with Crippen molar-refractivity contribution in [1.82, 2.24) is 20.2 Å². The molecule has 1 saturated heterocycles. The molecule has 1 N–H and O–H groups in total. The molecule has 0 unspecified atom stereocenters. The Bertz CT molecular complexity index is 1050. The van der Waals surface area contributed by atoms with Gasteiger partial charge in [0.2, 0.25) is 5.95 Å². The fourth-order valence-electron chi connectivity index (χ4n) is 3.10. The SMILES string of the molecule is Cc1nnc(Nc2nc(N3CCOCC3)ncc2F)cc1-c1ccc(OC(F)F)cc1. The third-order valence-corrected chi connectivity index (χ3v) is 4.64. The van der Waals surface area contributed by atoms with Crippen LogP contribution in [-0.2, 0) is 4.74 Å². The first-order valence-electron chi connectivity index (χ1n) is 9.51. The second-order valence-corrected chi connectivity index (χ2v) is 6.72. The average molecular weight is 432 g/mol. The lowest BCUT2D eigenvalue weighted by Crippen LogP contribution is -2.37. The lowest BCUT2D eigenvalue weighted by atomic mass is 10.1. The Morgan fingerprint density at radius 1 is 1.13 bits per heavy atom. The molecule has 1 aliphatic rings. The number of morpholine rings is 1. The van der Waals surface area contributed by atoms with Crippen LogP contribution in [0.15, 0.2) is 36.5 Å². The molecule has 3 heterocycles. The van der Waals surface area contributed by atoms with Gasteiger partial charge in [0.25, 0.3) is 0 Å². The second-order valence-electron chi connectivity index (χ2n) is 6.72. The standard InChI is InChI=1S/C20H19F3N6O2/c1-12-15(13-2-4-14(5-3-13)31-19(22)23)10-17(28-27-12)25-18-16(21)11-24-20(26-18)29-6-8-30-9-7-29/h2-5,10-11,19H,6-9H2,1H3,(H,24,25,26,28). The number of hydrogen-bond donors (Lipinski definition) is 1. The highest BCUT2D eigenvalue weighted by atomic mass is 19.3. The molecule has 0 atom stereocenters. The Hall–Kier alpha value is -3.47. The summed E-state index contributed by atoms with van der Waals surface area (Å²) in [6, 6.07) is 7.82. The Morgan fingerprint density at radius 2 is 1.87 bits per heavy atom. The van der Waals surface area contributed by atoms with Crippen molar-refractivity contribution in [3.8, 4) is 16.9 Å². The Kier molecular flexibility index (Phi) is 6.12. The summed E-state index contributed by atoms with van der Waals surface area (Å²) in [5.41, 5.74) is 2.03. The predicted molar refractivity (Wildman–Crippen MR) is 107 cm³/mol. The first-order chi connectivity index (χ1) is 15.0. The normalized spacial score (nSPS) is 14.0. The third kappa shape index (κ3) is 5.00. The first kappa shape index (κ1) is 20.8. The summed E-state index contributed by atoms with van der Waals surface area (Å²) in [7, 11) is 0. The molecular weight excluding hydrogens is 413 g/mol. The minimum Gasteiger partial charge on any atom is -0.435 e. The van der Waals surface area contributed by atoms with Crippen molar-refractivity contribution in [3.63, 3.8) is 0 Å². The number of nitrogens with one attached hydrogen (secondary N) is 1. The quantitative estimate of drug-likeness (QED) is 0.633. The summed E-state index contributed by atoms with van der Waals surface area (Å²) in [4.78, 5) is 10.2. The summed E-state index contributed by atoms with van der Waals surface area (Å²) in [5.74, 6) is 0.0623. The topological polar surface area (TPSA) is 85.3 Å². The lowest BCUT2D eigenvalue weighted by molar-refractivity contribution is -0.0498. The van der Waals surface area contributed by atoms with Gasteiger partial charge in [-0.1, -0.05) is 12.1 Å². The molecule has 1 aliphatic heterocycles. The molecule has 2 aromatic heterocycles. The van der Waals surface area contributed by atoms with Gasteiger partial charge >= 0.3 is 6.61 Å². The highest BCUT2D eigenvalue weighted by molar-refractivity contribution is 5.70. The minimum absolute atomic E-state index is 0.0266. The number of hydrogen-bond acceptors (Lipinski definition) is 8. The van der Waals surface area contributed by atoms with E-state index in [4.69, 9.17) is 4.74 Å². The number of rotatable bonds is 6. The number of aryl methyl sites for hydroxylation is 1. The molecule has 1 aromatic carbocycles. The van der Waals surface area contributed by atoms with Crippen LogP contribution in [0.2, 0.25) is 0 Å². The maximum Gasteiger partial charge on any atom is 0.387 e. The molecule has 0 radical (unpaired) electrons. The number of aromatic nitrogens is 4. The van der Waals surface area contributed by atoms with Gasteiger partial charge in [-0.3, -0.25) is 0 Å². The minimum atomic E-state index is -2.89. The van der Waals surface area contributed by atoms with Crippen molar-refractivity contribution in [2.45, 2.75) is 13.5 Å². The van der Waals surface area contributed by atoms with E-state index in [1.165, 1.54) is 12.1 Å². The monoisotopic (exact) mass is 432 g/mol. The fourth-order valence-corrected chi connectivity index (χ4v) is 3.10. The average Bonchev–Trinajstić information content (AvgIpc) is 2.77. The van der Waals surface area contributed by atoms with E-state index in [0.717, 1.165) is 6.20 Å². The van der Waals surface area contributed by atoms with Crippen LogP contribution in [-0.4, -0.2) is 53.1 Å². The van der Waals surface area contributed by atoms with Gasteiger partial charge in [-0.25, -0.2) is 9.37 Å². The molecule has 0 amide bonds. The Balaban J connectivity index is 1.57. The van der Waals surface area contributed by atoms with E-state index in [1.807, 2.05) is 4.90 Å². The molecule has 8 nitrogen and oxygen atoms in total. The summed E-state index contributed by atoms with van der Waals surface area (Å²) < 4.78 is 48.7. The molecule has 3 aromatic rings. The van der Waals surface area contributed by atoms with Crippen molar-refractivity contribution in [2.75, 3.05) is 36.5 Å². The Labute approximate surface area is 176 Å². The van der Waals surface area contributed by atoms with E-state index in [0.29, 0.717) is 49.1 Å². The molecule has 0 bridgehead atoms. The number of anilines is 3. The molecule has 0 saturated carbocycles. The summed E-state index contributed by atoms with van der Waals surface area (Å²) >= 11 is 0. The highest BCUT2D eigenvalue weighted by Gasteiger charge is 2.17. The van der Waals surface area contributed by atoms with Gasteiger partial charge in [-0.05, 0) is 30.7 Å². The van der Waals surface area contributed by atoms with E-state index >= 15 is 0 Å². The van der Waals surface area contributed by atoms with Gasteiger partial charge < -0.3 is 19.7 Å². The smallest absolute Gasteiger partial charge is 0.387 e. The van der Waals surface area contributed by atoms with Gasteiger partial charge in [-0.15, -0.1) is 5.10 Å².